The van der Waals surface area contributed by atoms with Gasteiger partial charge in [-0.05, 0) is 49.4 Å². The van der Waals surface area contributed by atoms with Crippen LogP contribution in [0.4, 0.5) is 11.4 Å². The molecule has 2 aromatic rings. The second kappa shape index (κ2) is 7.43. The highest BCUT2D eigenvalue weighted by Crippen LogP contribution is 2.30. The quantitative estimate of drug-likeness (QED) is 0.482. The Labute approximate surface area is 158 Å². The minimum absolute atomic E-state index is 0.167. The van der Waals surface area contributed by atoms with Crippen LogP contribution in [0.25, 0.3) is 0 Å². The number of carbonyl (C=O) groups is 1. The lowest BCUT2D eigenvalue weighted by atomic mass is 9.87. The molecule has 0 aliphatic heterocycles. The standard InChI is InChI=1S/C18H15N3O7/c1-10-14-3-2-4-16(15(14)5-6-17(10)22)19-28-18(23)11-7-12(20(24)25)9-13(8-11)21(26)27/h5-9,22H,2-4H2,1H3/b19-16+. The molecule has 0 unspecified atom stereocenters. The van der Waals surface area contributed by atoms with Gasteiger partial charge in [0.05, 0.1) is 27.2 Å². The minimum Gasteiger partial charge on any atom is -0.508 e. The summed E-state index contributed by atoms with van der Waals surface area (Å²) in [6, 6.07) is 5.76. The highest BCUT2D eigenvalue weighted by molar-refractivity contribution is 6.03. The van der Waals surface area contributed by atoms with Gasteiger partial charge in [0.15, 0.2) is 0 Å². The van der Waals surface area contributed by atoms with Crippen LogP contribution in [0.1, 0.15) is 39.9 Å². The smallest absolute Gasteiger partial charge is 0.366 e. The number of hydrogen-bond acceptors (Lipinski definition) is 8. The van der Waals surface area contributed by atoms with Gasteiger partial charge in [-0.1, -0.05) is 5.16 Å². The lowest BCUT2D eigenvalue weighted by Crippen LogP contribution is -2.15. The van der Waals surface area contributed by atoms with E-state index in [1.807, 2.05) is 0 Å². The topological polar surface area (TPSA) is 145 Å². The number of carbonyl (C=O) groups excluding carboxylic acids is 1. The number of nitro groups is 2. The molecule has 1 aliphatic rings. The molecule has 1 aliphatic carbocycles. The fourth-order valence-electron chi connectivity index (χ4n) is 3.07. The molecule has 2 aromatic carbocycles. The number of non-ortho nitro benzene ring substituents is 2. The van der Waals surface area contributed by atoms with Gasteiger partial charge in [0.25, 0.3) is 11.4 Å². The van der Waals surface area contributed by atoms with Gasteiger partial charge in [-0.2, -0.15) is 0 Å². The van der Waals surface area contributed by atoms with Crippen molar-refractivity contribution >= 4 is 23.1 Å². The molecule has 0 amide bonds. The summed E-state index contributed by atoms with van der Waals surface area (Å²) < 4.78 is 0. The fraction of sp³-hybridized carbons (Fsp3) is 0.222. The number of aromatic hydroxyl groups is 1. The summed E-state index contributed by atoms with van der Waals surface area (Å²) in [4.78, 5) is 37.4. The van der Waals surface area contributed by atoms with Crippen LogP contribution in [0.3, 0.4) is 0 Å². The molecule has 0 aromatic heterocycles. The van der Waals surface area contributed by atoms with Gasteiger partial charge >= 0.3 is 5.97 Å². The normalized spacial score (nSPS) is 14.4. The molecule has 0 radical (unpaired) electrons. The predicted octanol–water partition coefficient (Wildman–Crippen LogP) is 3.41. The van der Waals surface area contributed by atoms with Crippen molar-refractivity contribution < 1.29 is 24.6 Å². The molecule has 144 valence electrons. The second-order valence-corrected chi connectivity index (χ2v) is 6.26. The first-order valence-electron chi connectivity index (χ1n) is 8.32. The van der Waals surface area contributed by atoms with Crippen LogP contribution in [0.15, 0.2) is 35.5 Å². The van der Waals surface area contributed by atoms with Crippen molar-refractivity contribution in [1.29, 1.82) is 0 Å². The van der Waals surface area contributed by atoms with Gasteiger partial charge in [-0.15, -0.1) is 0 Å². The molecule has 0 fully saturated rings. The third kappa shape index (κ3) is 3.65. The summed E-state index contributed by atoms with van der Waals surface area (Å²) in [7, 11) is 0. The largest absolute Gasteiger partial charge is 0.508 e. The van der Waals surface area contributed by atoms with Gasteiger partial charge in [0, 0.05) is 17.7 Å². The maximum atomic E-state index is 12.3. The summed E-state index contributed by atoms with van der Waals surface area (Å²) in [5, 5.41) is 35.6. The van der Waals surface area contributed by atoms with Crippen LogP contribution in [0.5, 0.6) is 5.75 Å². The average Bonchev–Trinajstić information content (AvgIpc) is 2.68. The van der Waals surface area contributed by atoms with Crippen molar-refractivity contribution in [3.05, 3.63) is 72.8 Å². The van der Waals surface area contributed by atoms with E-state index in [9.17, 15) is 30.1 Å². The van der Waals surface area contributed by atoms with Crippen LogP contribution in [-0.4, -0.2) is 26.6 Å². The lowest BCUT2D eigenvalue weighted by molar-refractivity contribution is -0.394. The van der Waals surface area contributed by atoms with Crippen molar-refractivity contribution in [2.24, 2.45) is 5.16 Å². The Hall–Kier alpha value is -3.82. The highest BCUT2D eigenvalue weighted by atomic mass is 16.7. The fourth-order valence-corrected chi connectivity index (χ4v) is 3.07. The average molecular weight is 385 g/mol. The minimum atomic E-state index is -1.04. The van der Waals surface area contributed by atoms with Crippen LogP contribution in [-0.2, 0) is 11.3 Å². The van der Waals surface area contributed by atoms with E-state index in [0.29, 0.717) is 12.1 Å². The number of nitrogens with zero attached hydrogens (tertiary/aromatic N) is 3. The van der Waals surface area contributed by atoms with Crippen LogP contribution in [0, 0.1) is 27.2 Å². The molecule has 0 heterocycles. The van der Waals surface area contributed by atoms with E-state index >= 15 is 0 Å². The molecule has 1 N–H and O–H groups in total. The van der Waals surface area contributed by atoms with Gasteiger partial charge in [0.1, 0.15) is 5.75 Å². The van der Waals surface area contributed by atoms with E-state index in [4.69, 9.17) is 4.84 Å². The SMILES string of the molecule is Cc1c(O)ccc2c1CCC/C2=N\OC(=O)c1cc([N+](=O)[O-])cc([N+](=O)[O-])c1. The summed E-state index contributed by atoms with van der Waals surface area (Å²) in [5.41, 5.74) is 1.35. The number of fused-ring (bicyclic) bond motifs is 1. The van der Waals surface area contributed by atoms with Crippen LogP contribution < -0.4 is 0 Å². The Morgan fingerprint density at radius 3 is 2.36 bits per heavy atom. The van der Waals surface area contributed by atoms with Crippen molar-refractivity contribution in [3.63, 3.8) is 0 Å². The molecule has 10 nitrogen and oxygen atoms in total. The zero-order valence-electron chi connectivity index (χ0n) is 14.7. The lowest BCUT2D eigenvalue weighted by Gasteiger charge is -2.19. The molecule has 0 saturated heterocycles. The van der Waals surface area contributed by atoms with Crippen molar-refractivity contribution in [1.82, 2.24) is 0 Å². The number of rotatable bonds is 4. The van der Waals surface area contributed by atoms with E-state index in [1.165, 1.54) is 6.07 Å². The number of oxime groups is 1. The Morgan fingerprint density at radius 1 is 1.11 bits per heavy atom. The molecule has 10 heteroatoms. The van der Waals surface area contributed by atoms with Crippen molar-refractivity contribution in [3.8, 4) is 5.75 Å². The van der Waals surface area contributed by atoms with E-state index in [0.717, 1.165) is 47.7 Å². The molecule has 3 rings (SSSR count). The van der Waals surface area contributed by atoms with Crippen LogP contribution in [0.2, 0.25) is 0 Å². The summed E-state index contributed by atoms with van der Waals surface area (Å²) in [6.07, 6.45) is 2.04. The number of phenols is 1. The maximum absolute atomic E-state index is 12.3. The molecular weight excluding hydrogens is 370 g/mol. The first-order chi connectivity index (χ1) is 13.3. The molecule has 0 spiro atoms. The van der Waals surface area contributed by atoms with Gasteiger partial charge in [0.2, 0.25) is 0 Å². The molecule has 28 heavy (non-hydrogen) atoms. The Morgan fingerprint density at radius 2 is 1.75 bits per heavy atom. The third-order valence-electron chi connectivity index (χ3n) is 4.52. The third-order valence-corrected chi connectivity index (χ3v) is 4.52. The van der Waals surface area contributed by atoms with E-state index in [-0.39, 0.29) is 11.3 Å². The molecule has 0 saturated carbocycles. The monoisotopic (exact) mass is 385 g/mol. The summed E-state index contributed by atoms with van der Waals surface area (Å²) >= 11 is 0. The Kier molecular flexibility index (Phi) is 5.03. The van der Waals surface area contributed by atoms with E-state index in [2.05, 4.69) is 5.16 Å². The zero-order valence-corrected chi connectivity index (χ0v) is 14.7. The first kappa shape index (κ1) is 19.0. The van der Waals surface area contributed by atoms with E-state index < -0.39 is 27.2 Å². The first-order valence-corrected chi connectivity index (χ1v) is 8.32. The van der Waals surface area contributed by atoms with Gasteiger partial charge in [-0.3, -0.25) is 20.2 Å². The summed E-state index contributed by atoms with van der Waals surface area (Å²) in [5.74, 6) is -0.872. The van der Waals surface area contributed by atoms with Crippen LogP contribution >= 0.6 is 0 Å². The highest BCUT2D eigenvalue weighted by Gasteiger charge is 2.23. The number of benzene rings is 2. The second-order valence-electron chi connectivity index (χ2n) is 6.26. The number of hydrogen-bond donors (Lipinski definition) is 1. The predicted molar refractivity (Wildman–Crippen MR) is 97.5 cm³/mol. The van der Waals surface area contributed by atoms with Gasteiger partial charge in [-0.25, -0.2) is 4.79 Å². The number of phenolic OH excluding ortho intramolecular Hbond substituents is 1. The molecule has 0 atom stereocenters. The Bertz CT molecular complexity index is 998. The summed E-state index contributed by atoms with van der Waals surface area (Å²) in [6.45, 7) is 1.78. The molecule has 0 bridgehead atoms. The zero-order chi connectivity index (χ0) is 20.4. The van der Waals surface area contributed by atoms with Crippen molar-refractivity contribution in [2.45, 2.75) is 26.2 Å². The number of nitro benzene ring substituents is 2. The molecular formula is C18H15N3O7. The van der Waals surface area contributed by atoms with E-state index in [1.54, 1.807) is 13.0 Å². The Balaban J connectivity index is 1.90. The van der Waals surface area contributed by atoms with Crippen molar-refractivity contribution in [2.75, 3.05) is 0 Å². The maximum Gasteiger partial charge on any atom is 0.366 e. The van der Waals surface area contributed by atoms with Gasteiger partial charge < -0.3 is 9.94 Å².